The lowest BCUT2D eigenvalue weighted by Crippen LogP contribution is -2.35. The molecule has 11 nitrogen and oxygen atoms in total. The summed E-state index contributed by atoms with van der Waals surface area (Å²) < 4.78 is 25.0. The van der Waals surface area contributed by atoms with Gasteiger partial charge in [-0.2, -0.15) is 0 Å². The number of nitrogens with zero attached hydrogens (tertiary/aromatic N) is 3. The van der Waals surface area contributed by atoms with Gasteiger partial charge in [0.2, 0.25) is 11.8 Å². The fourth-order valence-corrected chi connectivity index (χ4v) is 3.67. The standard InChI is InChI=1S/C22H29FN4O7/c1-3-32-21(30)7-6-20(29)27-9-8-25(10-11-33-27)19-5-4-16(12-18(19)23)26-14-17(34-22(26)31)13-24-15(2)28/h4-5,12,17H,3,6-11,13-14H2,1-2H3,(H,24,28)/t17-/m0/s1. The number of halogens is 1. The summed E-state index contributed by atoms with van der Waals surface area (Å²) in [7, 11) is 0. The second kappa shape index (κ2) is 11.6. The van der Waals surface area contributed by atoms with Crippen LogP contribution in [0, 0.1) is 5.82 Å². The number of hydrogen-bond donors (Lipinski definition) is 1. The molecule has 2 fully saturated rings. The highest BCUT2D eigenvalue weighted by atomic mass is 19.1. The monoisotopic (exact) mass is 480 g/mol. The minimum Gasteiger partial charge on any atom is -0.466 e. The number of ether oxygens (including phenoxy) is 2. The smallest absolute Gasteiger partial charge is 0.414 e. The molecule has 0 radical (unpaired) electrons. The highest BCUT2D eigenvalue weighted by Crippen LogP contribution is 2.28. The molecule has 186 valence electrons. The van der Waals surface area contributed by atoms with Gasteiger partial charge >= 0.3 is 12.1 Å². The summed E-state index contributed by atoms with van der Waals surface area (Å²) in [4.78, 5) is 55.6. The van der Waals surface area contributed by atoms with Gasteiger partial charge in [-0.25, -0.2) is 14.2 Å². The third-order valence-electron chi connectivity index (χ3n) is 5.34. The van der Waals surface area contributed by atoms with Crippen LogP contribution in [0.2, 0.25) is 0 Å². The zero-order chi connectivity index (χ0) is 24.7. The number of carbonyl (C=O) groups is 4. The van der Waals surface area contributed by atoms with Crippen molar-refractivity contribution in [2.24, 2.45) is 0 Å². The molecule has 0 aromatic heterocycles. The van der Waals surface area contributed by atoms with E-state index in [9.17, 15) is 23.6 Å². The average Bonchev–Trinajstić information content (AvgIpc) is 3.00. The number of hydroxylamine groups is 2. The van der Waals surface area contributed by atoms with Gasteiger partial charge in [0.15, 0.2) is 0 Å². The third kappa shape index (κ3) is 6.56. The van der Waals surface area contributed by atoms with Gasteiger partial charge in [0.1, 0.15) is 11.9 Å². The van der Waals surface area contributed by atoms with Crippen molar-refractivity contribution in [3.05, 3.63) is 24.0 Å². The number of nitrogens with one attached hydrogen (secondary N) is 1. The maximum Gasteiger partial charge on any atom is 0.414 e. The number of hydrogen-bond acceptors (Lipinski definition) is 8. The highest BCUT2D eigenvalue weighted by Gasteiger charge is 2.33. The summed E-state index contributed by atoms with van der Waals surface area (Å²) in [5.74, 6) is -1.55. The lowest BCUT2D eigenvalue weighted by molar-refractivity contribution is -0.182. The maximum absolute atomic E-state index is 15.0. The maximum atomic E-state index is 15.0. The van der Waals surface area contributed by atoms with Gasteiger partial charge in [-0.1, -0.05) is 0 Å². The second-order valence-electron chi connectivity index (χ2n) is 7.81. The molecular formula is C22H29FN4O7. The number of cyclic esters (lactones) is 1. The summed E-state index contributed by atoms with van der Waals surface area (Å²) in [5.41, 5.74) is 0.661. The van der Waals surface area contributed by atoms with Crippen molar-refractivity contribution >= 4 is 35.3 Å². The van der Waals surface area contributed by atoms with Gasteiger partial charge in [0.05, 0.1) is 50.6 Å². The Bertz CT molecular complexity index is 929. The molecule has 0 unspecified atom stereocenters. The second-order valence-corrected chi connectivity index (χ2v) is 7.81. The molecule has 1 atom stereocenters. The van der Waals surface area contributed by atoms with E-state index in [2.05, 4.69) is 5.32 Å². The number of rotatable bonds is 8. The summed E-state index contributed by atoms with van der Waals surface area (Å²) in [6.45, 7) is 4.73. The van der Waals surface area contributed by atoms with Crippen molar-refractivity contribution in [3.8, 4) is 0 Å². The normalized spacial score (nSPS) is 18.4. The predicted molar refractivity (Wildman–Crippen MR) is 118 cm³/mol. The molecule has 3 rings (SSSR count). The van der Waals surface area contributed by atoms with Gasteiger partial charge in [0.25, 0.3) is 0 Å². The van der Waals surface area contributed by atoms with Crippen LogP contribution in [0.15, 0.2) is 18.2 Å². The van der Waals surface area contributed by atoms with Crippen molar-refractivity contribution in [2.75, 3.05) is 55.7 Å². The molecule has 0 aliphatic carbocycles. The fraction of sp³-hybridized carbons (Fsp3) is 0.545. The van der Waals surface area contributed by atoms with E-state index in [1.165, 1.54) is 23.0 Å². The lowest BCUT2D eigenvalue weighted by Gasteiger charge is -2.24. The summed E-state index contributed by atoms with van der Waals surface area (Å²) >= 11 is 0. The molecule has 1 aromatic carbocycles. The van der Waals surface area contributed by atoms with E-state index in [1.54, 1.807) is 24.0 Å². The van der Waals surface area contributed by atoms with Crippen LogP contribution in [0.1, 0.15) is 26.7 Å². The molecule has 34 heavy (non-hydrogen) atoms. The Labute approximate surface area is 196 Å². The summed E-state index contributed by atoms with van der Waals surface area (Å²) in [6.07, 6.45) is -1.19. The minimum atomic E-state index is -0.609. The fourth-order valence-electron chi connectivity index (χ4n) is 3.67. The van der Waals surface area contributed by atoms with Crippen molar-refractivity contribution in [2.45, 2.75) is 32.8 Å². The molecule has 2 saturated heterocycles. The first-order valence-electron chi connectivity index (χ1n) is 11.1. The van der Waals surface area contributed by atoms with Crippen LogP contribution < -0.4 is 15.1 Å². The molecule has 0 spiro atoms. The van der Waals surface area contributed by atoms with Crippen LogP contribution in [-0.4, -0.2) is 81.0 Å². The number of carbonyl (C=O) groups excluding carboxylic acids is 4. The zero-order valence-corrected chi connectivity index (χ0v) is 19.3. The predicted octanol–water partition coefficient (Wildman–Crippen LogP) is 1.21. The Morgan fingerprint density at radius 3 is 2.71 bits per heavy atom. The Hall–Kier alpha value is -3.41. The number of esters is 1. The van der Waals surface area contributed by atoms with Crippen molar-refractivity contribution in [3.63, 3.8) is 0 Å². The number of anilines is 2. The molecule has 2 aliphatic rings. The Balaban J connectivity index is 1.57. The van der Waals surface area contributed by atoms with Gasteiger partial charge in [-0.15, -0.1) is 0 Å². The quantitative estimate of drug-likeness (QED) is 0.552. The number of benzene rings is 1. The van der Waals surface area contributed by atoms with Gasteiger partial charge in [-0.05, 0) is 25.1 Å². The molecule has 1 aromatic rings. The molecule has 2 heterocycles. The van der Waals surface area contributed by atoms with Crippen molar-refractivity contribution in [1.29, 1.82) is 0 Å². The van der Waals surface area contributed by atoms with Crippen LogP contribution in [0.5, 0.6) is 0 Å². The first-order chi connectivity index (χ1) is 16.3. The van der Waals surface area contributed by atoms with Crippen molar-refractivity contribution in [1.82, 2.24) is 10.4 Å². The topological polar surface area (TPSA) is 118 Å². The van der Waals surface area contributed by atoms with Gasteiger partial charge in [0, 0.05) is 26.4 Å². The Morgan fingerprint density at radius 2 is 2.00 bits per heavy atom. The van der Waals surface area contributed by atoms with E-state index in [-0.39, 0.29) is 57.5 Å². The molecule has 0 saturated carbocycles. The van der Waals surface area contributed by atoms with Crippen LogP contribution in [0.3, 0.4) is 0 Å². The first-order valence-corrected chi connectivity index (χ1v) is 11.1. The molecule has 12 heteroatoms. The van der Waals surface area contributed by atoms with E-state index in [0.717, 1.165) is 0 Å². The molecule has 2 aliphatic heterocycles. The van der Waals surface area contributed by atoms with Crippen LogP contribution >= 0.6 is 0 Å². The van der Waals surface area contributed by atoms with Crippen LogP contribution in [-0.2, 0) is 28.7 Å². The minimum absolute atomic E-state index is 0.0308. The van der Waals surface area contributed by atoms with E-state index in [0.29, 0.717) is 24.5 Å². The Morgan fingerprint density at radius 1 is 1.21 bits per heavy atom. The average molecular weight is 480 g/mol. The third-order valence-corrected chi connectivity index (χ3v) is 5.34. The largest absolute Gasteiger partial charge is 0.466 e. The molecule has 0 bridgehead atoms. The van der Waals surface area contributed by atoms with Gasteiger partial charge < -0.3 is 19.7 Å². The van der Waals surface area contributed by atoms with Crippen LogP contribution in [0.25, 0.3) is 0 Å². The van der Waals surface area contributed by atoms with Crippen LogP contribution in [0.4, 0.5) is 20.6 Å². The Kier molecular flexibility index (Phi) is 8.63. The first kappa shape index (κ1) is 25.2. The molecular weight excluding hydrogens is 451 g/mol. The van der Waals surface area contributed by atoms with E-state index >= 15 is 0 Å². The summed E-state index contributed by atoms with van der Waals surface area (Å²) in [6, 6.07) is 4.44. The summed E-state index contributed by atoms with van der Waals surface area (Å²) in [5, 5.41) is 3.79. The SMILES string of the molecule is CCOC(=O)CCC(=O)N1CCN(c2ccc(N3C[C@H](CNC(C)=O)OC3=O)cc2F)CCO1. The van der Waals surface area contributed by atoms with Crippen molar-refractivity contribution < 1.29 is 37.9 Å². The zero-order valence-electron chi connectivity index (χ0n) is 19.3. The lowest BCUT2D eigenvalue weighted by atomic mass is 10.2. The highest BCUT2D eigenvalue weighted by molar-refractivity contribution is 5.90. The van der Waals surface area contributed by atoms with E-state index < -0.39 is 24.0 Å². The van der Waals surface area contributed by atoms with Gasteiger partial charge in [-0.3, -0.25) is 24.1 Å². The van der Waals surface area contributed by atoms with E-state index in [1.807, 2.05) is 0 Å². The molecule has 1 N–H and O–H groups in total. The molecule has 3 amide bonds. The van der Waals surface area contributed by atoms with E-state index in [4.69, 9.17) is 14.3 Å². The number of amides is 3.